The summed E-state index contributed by atoms with van der Waals surface area (Å²) in [5, 5.41) is 5.70. The second-order valence-electron chi connectivity index (χ2n) is 3.73. The molecule has 2 rings (SSSR count). The molecule has 0 unspecified atom stereocenters. The van der Waals surface area contributed by atoms with Gasteiger partial charge in [0.05, 0.1) is 5.02 Å². The Morgan fingerprint density at radius 3 is 2.85 bits per heavy atom. The number of amides is 2. The van der Waals surface area contributed by atoms with Gasteiger partial charge in [0, 0.05) is 19.3 Å². The number of anilines is 1. The molecule has 0 atom stereocenters. The Morgan fingerprint density at radius 1 is 1.30 bits per heavy atom. The summed E-state index contributed by atoms with van der Waals surface area (Å²) in [6, 6.07) is 7.95. The Balaban J connectivity index is 2.19. The van der Waals surface area contributed by atoms with Crippen LogP contribution in [0.2, 0.25) is 10.0 Å². The van der Waals surface area contributed by atoms with Crippen LogP contribution in [0.25, 0.3) is 0 Å². The minimum atomic E-state index is -0.365. The van der Waals surface area contributed by atoms with Gasteiger partial charge in [0.1, 0.15) is 22.3 Å². The highest BCUT2D eigenvalue weighted by Gasteiger charge is 2.08. The first-order chi connectivity index (χ1) is 9.60. The van der Waals surface area contributed by atoms with Gasteiger partial charge in [-0.15, -0.1) is 0 Å². The lowest BCUT2D eigenvalue weighted by atomic mass is 10.3. The van der Waals surface area contributed by atoms with Gasteiger partial charge in [-0.25, -0.2) is 9.78 Å². The normalized spacial score (nSPS) is 9.95. The number of benzene rings is 1. The van der Waals surface area contributed by atoms with Crippen molar-refractivity contribution in [3.63, 3.8) is 0 Å². The molecule has 7 heteroatoms. The number of carbonyl (C=O) groups excluding carboxylic acids is 1. The number of pyridine rings is 1. The number of urea groups is 1. The molecule has 0 saturated heterocycles. The van der Waals surface area contributed by atoms with E-state index in [9.17, 15) is 4.79 Å². The number of aromatic nitrogens is 1. The fraction of sp³-hybridized carbons (Fsp3) is 0.0769. The Morgan fingerprint density at radius 2 is 2.10 bits per heavy atom. The highest BCUT2D eigenvalue weighted by atomic mass is 35.5. The average molecular weight is 312 g/mol. The van der Waals surface area contributed by atoms with Crippen LogP contribution >= 0.6 is 23.2 Å². The first-order valence-corrected chi connectivity index (χ1v) is 6.42. The van der Waals surface area contributed by atoms with Crippen molar-refractivity contribution in [2.45, 2.75) is 0 Å². The third kappa shape index (κ3) is 3.53. The number of ether oxygens (including phenoxy) is 1. The van der Waals surface area contributed by atoms with Gasteiger partial charge < -0.3 is 10.1 Å². The van der Waals surface area contributed by atoms with E-state index < -0.39 is 0 Å². The number of hydrogen-bond donors (Lipinski definition) is 2. The Hall–Kier alpha value is -1.98. The first kappa shape index (κ1) is 14.4. The minimum Gasteiger partial charge on any atom is -0.456 e. The summed E-state index contributed by atoms with van der Waals surface area (Å²) in [6.45, 7) is 0. The molecule has 0 radical (unpaired) electrons. The molecule has 0 fully saturated rings. The molecule has 104 valence electrons. The summed E-state index contributed by atoms with van der Waals surface area (Å²) in [4.78, 5) is 15.2. The van der Waals surface area contributed by atoms with E-state index in [-0.39, 0.29) is 6.03 Å². The molecule has 1 aromatic carbocycles. The third-order valence-electron chi connectivity index (χ3n) is 2.34. The van der Waals surface area contributed by atoms with Crippen molar-refractivity contribution < 1.29 is 9.53 Å². The molecule has 5 nitrogen and oxygen atoms in total. The molecular weight excluding hydrogens is 301 g/mol. The number of halogens is 2. The van der Waals surface area contributed by atoms with Gasteiger partial charge in [-0.2, -0.15) is 0 Å². The van der Waals surface area contributed by atoms with Gasteiger partial charge in [0.25, 0.3) is 0 Å². The van der Waals surface area contributed by atoms with Crippen LogP contribution in [0, 0.1) is 0 Å². The molecule has 2 aromatic rings. The zero-order valence-electron chi connectivity index (χ0n) is 10.5. The molecule has 0 aliphatic heterocycles. The maximum absolute atomic E-state index is 11.2. The maximum atomic E-state index is 11.2. The van der Waals surface area contributed by atoms with Crippen molar-refractivity contribution in [3.05, 3.63) is 46.6 Å². The van der Waals surface area contributed by atoms with Crippen LogP contribution in [0.15, 0.2) is 36.5 Å². The van der Waals surface area contributed by atoms with E-state index in [0.717, 1.165) is 0 Å². The smallest absolute Gasteiger partial charge is 0.320 e. The average Bonchev–Trinajstić information content (AvgIpc) is 2.44. The number of carbonyl (C=O) groups is 1. The fourth-order valence-electron chi connectivity index (χ4n) is 1.41. The molecule has 1 heterocycles. The van der Waals surface area contributed by atoms with Crippen molar-refractivity contribution in [1.82, 2.24) is 10.3 Å². The van der Waals surface area contributed by atoms with Gasteiger partial charge in [-0.05, 0) is 18.2 Å². The summed E-state index contributed by atoms with van der Waals surface area (Å²) in [5.74, 6) is 1.27. The van der Waals surface area contributed by atoms with Crippen LogP contribution in [-0.2, 0) is 0 Å². The summed E-state index contributed by atoms with van der Waals surface area (Å²) >= 11 is 11.9. The number of nitrogens with one attached hydrogen (secondary N) is 2. The second-order valence-corrected chi connectivity index (χ2v) is 4.52. The van der Waals surface area contributed by atoms with Crippen molar-refractivity contribution in [3.8, 4) is 11.5 Å². The molecule has 0 bridgehead atoms. The number of rotatable bonds is 3. The lowest BCUT2D eigenvalue weighted by Crippen LogP contribution is -2.24. The molecule has 0 aliphatic carbocycles. The van der Waals surface area contributed by atoms with Crippen LogP contribution in [-0.4, -0.2) is 18.1 Å². The third-order valence-corrected chi connectivity index (χ3v) is 3.15. The number of hydrogen-bond acceptors (Lipinski definition) is 3. The molecular formula is C13H11Cl2N3O2. The van der Waals surface area contributed by atoms with Crippen LogP contribution in [0.5, 0.6) is 11.5 Å². The van der Waals surface area contributed by atoms with E-state index in [2.05, 4.69) is 15.6 Å². The summed E-state index contributed by atoms with van der Waals surface area (Å²) in [6.07, 6.45) is 1.51. The molecule has 1 aromatic heterocycles. The Kier molecular flexibility index (Phi) is 4.65. The SMILES string of the molecule is CNC(=O)Nc1cc(Oc2cccc(Cl)c2Cl)ccn1. The highest BCUT2D eigenvalue weighted by Crippen LogP contribution is 2.34. The fourth-order valence-corrected chi connectivity index (χ4v) is 1.74. The van der Waals surface area contributed by atoms with Crippen LogP contribution in [0.4, 0.5) is 10.6 Å². The quantitative estimate of drug-likeness (QED) is 0.902. The van der Waals surface area contributed by atoms with E-state index in [1.165, 1.54) is 13.2 Å². The van der Waals surface area contributed by atoms with Crippen LogP contribution < -0.4 is 15.4 Å². The molecule has 20 heavy (non-hydrogen) atoms. The van der Waals surface area contributed by atoms with Crippen LogP contribution in [0.1, 0.15) is 0 Å². The predicted molar refractivity (Wildman–Crippen MR) is 78.9 cm³/mol. The van der Waals surface area contributed by atoms with E-state index in [1.807, 2.05) is 0 Å². The summed E-state index contributed by atoms with van der Waals surface area (Å²) in [7, 11) is 1.52. The standard InChI is InChI=1S/C13H11Cl2N3O2/c1-16-13(19)18-11-7-8(5-6-17-11)20-10-4-2-3-9(14)12(10)15/h2-7H,1H3,(H2,16,17,18,19). The largest absolute Gasteiger partial charge is 0.456 e. The van der Waals surface area contributed by atoms with Gasteiger partial charge in [0.15, 0.2) is 0 Å². The van der Waals surface area contributed by atoms with Gasteiger partial charge in [-0.3, -0.25) is 5.32 Å². The lowest BCUT2D eigenvalue weighted by molar-refractivity contribution is 0.254. The monoisotopic (exact) mass is 311 g/mol. The first-order valence-electron chi connectivity index (χ1n) is 5.67. The summed E-state index contributed by atoms with van der Waals surface area (Å²) < 4.78 is 5.62. The minimum absolute atomic E-state index is 0.326. The van der Waals surface area contributed by atoms with Crippen molar-refractivity contribution in [1.29, 1.82) is 0 Å². The Bertz CT molecular complexity index is 635. The molecule has 0 saturated carbocycles. The molecule has 2 amide bonds. The van der Waals surface area contributed by atoms with Gasteiger partial charge in [0.2, 0.25) is 0 Å². The van der Waals surface area contributed by atoms with Crippen molar-refractivity contribution in [2.75, 3.05) is 12.4 Å². The lowest BCUT2D eigenvalue weighted by Gasteiger charge is -2.09. The molecule has 0 spiro atoms. The second kappa shape index (κ2) is 6.45. The van der Waals surface area contributed by atoms with Gasteiger partial charge in [-0.1, -0.05) is 29.3 Å². The van der Waals surface area contributed by atoms with E-state index in [4.69, 9.17) is 27.9 Å². The highest BCUT2D eigenvalue weighted by molar-refractivity contribution is 6.42. The molecule has 2 N–H and O–H groups in total. The summed E-state index contributed by atoms with van der Waals surface area (Å²) in [5.41, 5.74) is 0. The van der Waals surface area contributed by atoms with Crippen molar-refractivity contribution in [2.24, 2.45) is 0 Å². The molecule has 0 aliphatic rings. The topological polar surface area (TPSA) is 63.2 Å². The zero-order valence-corrected chi connectivity index (χ0v) is 12.0. The van der Waals surface area contributed by atoms with Crippen LogP contribution in [0.3, 0.4) is 0 Å². The van der Waals surface area contributed by atoms with Gasteiger partial charge >= 0.3 is 6.03 Å². The van der Waals surface area contributed by atoms with E-state index in [1.54, 1.807) is 30.3 Å². The van der Waals surface area contributed by atoms with Crippen molar-refractivity contribution >= 4 is 35.1 Å². The zero-order chi connectivity index (χ0) is 14.5. The van der Waals surface area contributed by atoms with E-state index in [0.29, 0.717) is 27.4 Å². The van der Waals surface area contributed by atoms with E-state index >= 15 is 0 Å². The predicted octanol–water partition coefficient (Wildman–Crippen LogP) is 3.93. The Labute approximate surface area is 125 Å². The maximum Gasteiger partial charge on any atom is 0.320 e. The number of nitrogens with zero attached hydrogens (tertiary/aromatic N) is 1.